The minimum Gasteiger partial charge on any atom is -0.378 e. The summed E-state index contributed by atoms with van der Waals surface area (Å²) >= 11 is 6.11. The van der Waals surface area contributed by atoms with E-state index in [2.05, 4.69) is 18.8 Å². The molecule has 0 aromatic rings. The Morgan fingerprint density at radius 2 is 2.30 bits per heavy atom. The fourth-order valence-corrected chi connectivity index (χ4v) is 3.68. The number of halogens is 1. The van der Waals surface area contributed by atoms with Crippen molar-refractivity contribution in [3.63, 3.8) is 0 Å². The molecule has 0 aromatic heterocycles. The highest BCUT2D eigenvalue weighted by atomic mass is 35.5. The molecular formula is C17H28ClNO. The summed E-state index contributed by atoms with van der Waals surface area (Å²) in [5.74, 6) is 1.49. The van der Waals surface area contributed by atoms with Gasteiger partial charge >= 0.3 is 0 Å². The lowest BCUT2D eigenvalue weighted by atomic mass is 9.96. The molecule has 1 saturated carbocycles. The first-order chi connectivity index (χ1) is 9.72. The van der Waals surface area contributed by atoms with Gasteiger partial charge in [-0.25, -0.2) is 0 Å². The van der Waals surface area contributed by atoms with E-state index in [1.807, 2.05) is 6.08 Å². The van der Waals surface area contributed by atoms with Crippen molar-refractivity contribution in [3.8, 4) is 0 Å². The first-order valence-electron chi connectivity index (χ1n) is 8.05. The van der Waals surface area contributed by atoms with Crippen LogP contribution < -0.4 is 5.32 Å². The molecule has 20 heavy (non-hydrogen) atoms. The summed E-state index contributed by atoms with van der Waals surface area (Å²) in [6.07, 6.45) is 11.2. The Bertz CT molecular complexity index is 342. The van der Waals surface area contributed by atoms with Crippen LogP contribution in [0.1, 0.15) is 45.4 Å². The lowest BCUT2D eigenvalue weighted by Crippen LogP contribution is -2.34. The summed E-state index contributed by atoms with van der Waals surface area (Å²) < 4.78 is 6.12. The second kappa shape index (κ2) is 8.21. The zero-order valence-electron chi connectivity index (χ0n) is 12.6. The smallest absolute Gasteiger partial charge is 0.0630 e. The minimum atomic E-state index is 0.517. The van der Waals surface area contributed by atoms with Crippen molar-refractivity contribution >= 4 is 11.6 Å². The Labute approximate surface area is 128 Å². The van der Waals surface area contributed by atoms with Gasteiger partial charge in [0.25, 0.3) is 0 Å². The summed E-state index contributed by atoms with van der Waals surface area (Å²) in [6.45, 7) is 8.01. The molecule has 1 unspecified atom stereocenters. The average molecular weight is 298 g/mol. The third kappa shape index (κ3) is 4.61. The summed E-state index contributed by atoms with van der Waals surface area (Å²) in [6, 6.07) is 0.731. The standard InChI is InChI=1S/C17H28ClNO/c1-3-5-15(18)7-6-13(4-2)8-9-20-17-11-16-10-14(17)12-19-16/h3,5,13-14,16-17,19H,1,4,6-12H2,2H3/b15-5+/t13?,14-,16-,17+/m0/s1. The maximum atomic E-state index is 6.12. The molecule has 0 spiro atoms. The Kier molecular flexibility index (Phi) is 6.60. The van der Waals surface area contributed by atoms with Gasteiger partial charge in [0.2, 0.25) is 0 Å². The maximum Gasteiger partial charge on any atom is 0.0630 e. The van der Waals surface area contributed by atoms with Crippen molar-refractivity contribution in [2.24, 2.45) is 11.8 Å². The van der Waals surface area contributed by atoms with Gasteiger partial charge in [-0.15, -0.1) is 0 Å². The lowest BCUT2D eigenvalue weighted by Gasteiger charge is -2.24. The number of hydrogen-bond donors (Lipinski definition) is 1. The van der Waals surface area contributed by atoms with Crippen LogP contribution in [0.25, 0.3) is 0 Å². The molecule has 0 aromatic carbocycles. The Morgan fingerprint density at radius 1 is 1.45 bits per heavy atom. The molecule has 114 valence electrons. The maximum absolute atomic E-state index is 6.12. The summed E-state index contributed by atoms with van der Waals surface area (Å²) in [7, 11) is 0. The molecule has 1 N–H and O–H groups in total. The van der Waals surface area contributed by atoms with Crippen LogP contribution in [0.15, 0.2) is 23.8 Å². The molecule has 4 atom stereocenters. The van der Waals surface area contributed by atoms with Crippen LogP contribution in [0.3, 0.4) is 0 Å². The average Bonchev–Trinajstić information content (AvgIpc) is 3.05. The molecule has 0 amide bonds. The van der Waals surface area contributed by atoms with E-state index >= 15 is 0 Å². The van der Waals surface area contributed by atoms with Gasteiger partial charge in [-0.3, -0.25) is 0 Å². The third-order valence-electron chi connectivity index (χ3n) is 4.82. The van der Waals surface area contributed by atoms with Crippen LogP contribution >= 0.6 is 11.6 Å². The molecular weight excluding hydrogens is 270 g/mol. The van der Waals surface area contributed by atoms with E-state index in [-0.39, 0.29) is 0 Å². The van der Waals surface area contributed by atoms with Crippen molar-refractivity contribution in [1.82, 2.24) is 5.32 Å². The second-order valence-corrected chi connectivity index (χ2v) is 6.68. The highest BCUT2D eigenvalue weighted by molar-refractivity contribution is 6.29. The number of piperidine rings is 1. The van der Waals surface area contributed by atoms with Crippen molar-refractivity contribution in [2.45, 2.75) is 57.6 Å². The van der Waals surface area contributed by atoms with E-state index < -0.39 is 0 Å². The predicted molar refractivity (Wildman–Crippen MR) is 86.0 cm³/mol. The van der Waals surface area contributed by atoms with Crippen LogP contribution in [-0.2, 0) is 4.74 Å². The Balaban J connectivity index is 1.61. The van der Waals surface area contributed by atoms with Gasteiger partial charge < -0.3 is 10.1 Å². The molecule has 0 radical (unpaired) electrons. The van der Waals surface area contributed by atoms with Crippen LogP contribution in [0.5, 0.6) is 0 Å². The van der Waals surface area contributed by atoms with E-state index in [4.69, 9.17) is 16.3 Å². The molecule has 1 saturated heterocycles. The van der Waals surface area contributed by atoms with Crippen molar-refractivity contribution in [3.05, 3.63) is 23.8 Å². The van der Waals surface area contributed by atoms with Gasteiger partial charge in [0.1, 0.15) is 0 Å². The van der Waals surface area contributed by atoms with Gasteiger partial charge in [0.05, 0.1) is 6.10 Å². The number of allylic oxidation sites excluding steroid dienone is 3. The number of nitrogens with one attached hydrogen (secondary N) is 1. The summed E-state index contributed by atoms with van der Waals surface area (Å²) in [4.78, 5) is 0. The zero-order chi connectivity index (χ0) is 14.4. The second-order valence-electron chi connectivity index (χ2n) is 6.20. The first kappa shape index (κ1) is 16.1. The topological polar surface area (TPSA) is 21.3 Å². The highest BCUT2D eigenvalue weighted by Gasteiger charge is 2.39. The van der Waals surface area contributed by atoms with Crippen LogP contribution in [0, 0.1) is 11.8 Å². The first-order valence-corrected chi connectivity index (χ1v) is 8.42. The van der Waals surface area contributed by atoms with E-state index in [0.29, 0.717) is 6.10 Å². The van der Waals surface area contributed by atoms with Crippen molar-refractivity contribution in [1.29, 1.82) is 0 Å². The molecule has 1 aliphatic carbocycles. The fourth-order valence-electron chi connectivity index (χ4n) is 3.48. The zero-order valence-corrected chi connectivity index (χ0v) is 13.4. The van der Waals surface area contributed by atoms with E-state index in [1.54, 1.807) is 6.08 Å². The third-order valence-corrected chi connectivity index (χ3v) is 5.14. The number of hydrogen-bond acceptors (Lipinski definition) is 2. The Hall–Kier alpha value is -0.310. The van der Waals surface area contributed by atoms with E-state index in [9.17, 15) is 0 Å². The molecule has 1 aliphatic heterocycles. The summed E-state index contributed by atoms with van der Waals surface area (Å²) in [5, 5.41) is 4.45. The van der Waals surface area contributed by atoms with Crippen LogP contribution in [0.2, 0.25) is 0 Å². The molecule has 2 rings (SSSR count). The monoisotopic (exact) mass is 297 g/mol. The molecule has 2 fully saturated rings. The van der Waals surface area contributed by atoms with Gasteiger partial charge in [-0.05, 0) is 50.0 Å². The molecule has 2 aliphatic rings. The molecule has 1 heterocycles. The normalized spacial score (nSPS) is 30.7. The van der Waals surface area contributed by atoms with Crippen LogP contribution in [0.4, 0.5) is 0 Å². The van der Waals surface area contributed by atoms with E-state index in [0.717, 1.165) is 55.3 Å². The van der Waals surface area contributed by atoms with Gasteiger partial charge in [0, 0.05) is 24.2 Å². The number of ether oxygens (including phenoxy) is 1. The molecule has 2 nitrogen and oxygen atoms in total. The largest absolute Gasteiger partial charge is 0.378 e. The lowest BCUT2D eigenvalue weighted by molar-refractivity contribution is 0.0136. The predicted octanol–water partition coefficient (Wildman–Crippen LogP) is 4.26. The number of fused-ring (bicyclic) bond motifs is 2. The SMILES string of the molecule is C=C/C=C(/Cl)CCC(CC)CCO[C@@H]1C[C@@H]2C[C@H]1CN2. The number of rotatable bonds is 9. The Morgan fingerprint density at radius 3 is 2.90 bits per heavy atom. The minimum absolute atomic E-state index is 0.517. The summed E-state index contributed by atoms with van der Waals surface area (Å²) in [5.41, 5.74) is 0. The van der Waals surface area contributed by atoms with Gasteiger partial charge in [-0.1, -0.05) is 37.6 Å². The molecule has 3 heteroatoms. The van der Waals surface area contributed by atoms with Gasteiger partial charge in [-0.2, -0.15) is 0 Å². The van der Waals surface area contributed by atoms with E-state index in [1.165, 1.54) is 19.3 Å². The molecule has 2 bridgehead atoms. The van der Waals surface area contributed by atoms with Crippen molar-refractivity contribution in [2.75, 3.05) is 13.2 Å². The quantitative estimate of drug-likeness (QED) is 0.642. The van der Waals surface area contributed by atoms with Crippen molar-refractivity contribution < 1.29 is 4.74 Å². The fraction of sp³-hybridized carbons (Fsp3) is 0.765. The van der Waals surface area contributed by atoms with Crippen LogP contribution in [-0.4, -0.2) is 25.3 Å². The highest BCUT2D eigenvalue weighted by Crippen LogP contribution is 2.33. The van der Waals surface area contributed by atoms with Gasteiger partial charge in [0.15, 0.2) is 0 Å².